The zero-order valence-electron chi connectivity index (χ0n) is 11.1. The highest BCUT2D eigenvalue weighted by Crippen LogP contribution is 2.19. The Hall–Kier alpha value is -0.650. The molecular formula is C13H24N2O3. The van der Waals surface area contributed by atoms with Crippen molar-refractivity contribution in [2.24, 2.45) is 0 Å². The van der Waals surface area contributed by atoms with E-state index in [2.05, 4.69) is 5.32 Å². The number of ether oxygens (including phenoxy) is 1. The van der Waals surface area contributed by atoms with E-state index in [1.165, 1.54) is 0 Å². The molecule has 5 heteroatoms. The molecule has 1 aliphatic heterocycles. The summed E-state index contributed by atoms with van der Waals surface area (Å²) in [4.78, 5) is 14.1. The van der Waals surface area contributed by atoms with E-state index in [0.29, 0.717) is 32.3 Å². The van der Waals surface area contributed by atoms with Crippen LogP contribution in [0.3, 0.4) is 0 Å². The molecule has 0 aromatic heterocycles. The minimum Gasteiger partial charge on any atom is -0.393 e. The fourth-order valence-corrected chi connectivity index (χ4v) is 2.72. The molecule has 0 radical (unpaired) electrons. The van der Waals surface area contributed by atoms with Gasteiger partial charge in [0.25, 0.3) is 0 Å². The third-order valence-electron chi connectivity index (χ3n) is 3.88. The minimum absolute atomic E-state index is 0.136. The summed E-state index contributed by atoms with van der Waals surface area (Å²) in [5.41, 5.74) is 0. The zero-order valence-corrected chi connectivity index (χ0v) is 11.1. The van der Waals surface area contributed by atoms with Crippen LogP contribution in [0.1, 0.15) is 32.6 Å². The van der Waals surface area contributed by atoms with E-state index in [-0.39, 0.29) is 18.1 Å². The van der Waals surface area contributed by atoms with E-state index in [1.54, 1.807) is 0 Å². The van der Waals surface area contributed by atoms with Crippen LogP contribution in [0.25, 0.3) is 0 Å². The molecule has 5 nitrogen and oxygen atoms in total. The van der Waals surface area contributed by atoms with Gasteiger partial charge in [-0.25, -0.2) is 0 Å². The van der Waals surface area contributed by atoms with Crippen molar-refractivity contribution in [3.05, 3.63) is 0 Å². The van der Waals surface area contributed by atoms with Crippen LogP contribution in [0.15, 0.2) is 0 Å². The van der Waals surface area contributed by atoms with Gasteiger partial charge in [0.05, 0.1) is 25.4 Å². The number of carbonyl (C=O) groups excluding carboxylic acids is 1. The summed E-state index contributed by atoms with van der Waals surface area (Å²) in [5.74, 6) is 0.171. The Labute approximate surface area is 108 Å². The van der Waals surface area contributed by atoms with Crippen molar-refractivity contribution in [2.45, 2.75) is 50.8 Å². The predicted molar refractivity (Wildman–Crippen MR) is 68.3 cm³/mol. The second-order valence-corrected chi connectivity index (χ2v) is 5.33. The smallest absolute Gasteiger partial charge is 0.239 e. The van der Waals surface area contributed by atoms with Crippen LogP contribution in [0, 0.1) is 0 Å². The van der Waals surface area contributed by atoms with Gasteiger partial charge in [0.2, 0.25) is 5.91 Å². The molecular weight excluding hydrogens is 232 g/mol. The summed E-state index contributed by atoms with van der Waals surface area (Å²) in [6, 6.07) is 0.233. The highest BCUT2D eigenvalue weighted by atomic mass is 16.5. The molecule has 18 heavy (non-hydrogen) atoms. The van der Waals surface area contributed by atoms with Gasteiger partial charge in [-0.05, 0) is 32.6 Å². The van der Waals surface area contributed by atoms with Crippen LogP contribution in [0.2, 0.25) is 0 Å². The summed E-state index contributed by atoms with van der Waals surface area (Å²) in [5, 5.41) is 12.9. The molecule has 0 aromatic carbocycles. The summed E-state index contributed by atoms with van der Waals surface area (Å²) in [6.45, 7) is 4.63. The van der Waals surface area contributed by atoms with E-state index in [1.807, 2.05) is 11.8 Å². The predicted octanol–water partition coefficient (Wildman–Crippen LogP) is 0.127. The van der Waals surface area contributed by atoms with Gasteiger partial charge >= 0.3 is 0 Å². The van der Waals surface area contributed by atoms with Crippen molar-refractivity contribution in [1.82, 2.24) is 10.2 Å². The molecule has 2 rings (SSSR count). The molecule has 2 fully saturated rings. The average Bonchev–Trinajstić information content (AvgIpc) is 2.41. The monoisotopic (exact) mass is 256 g/mol. The SMILES string of the molecule is CC(NC1CCC(O)CC1)C(=O)N1CCOCC1. The number of nitrogens with zero attached hydrogens (tertiary/aromatic N) is 1. The summed E-state index contributed by atoms with van der Waals surface area (Å²) in [7, 11) is 0. The third-order valence-corrected chi connectivity index (χ3v) is 3.88. The first-order chi connectivity index (χ1) is 8.66. The number of amides is 1. The lowest BCUT2D eigenvalue weighted by Gasteiger charge is -2.33. The van der Waals surface area contributed by atoms with Gasteiger partial charge in [-0.15, -0.1) is 0 Å². The van der Waals surface area contributed by atoms with Crippen LogP contribution in [-0.2, 0) is 9.53 Å². The van der Waals surface area contributed by atoms with E-state index >= 15 is 0 Å². The fourth-order valence-electron chi connectivity index (χ4n) is 2.72. The Morgan fingerprint density at radius 3 is 2.50 bits per heavy atom. The lowest BCUT2D eigenvalue weighted by molar-refractivity contribution is -0.137. The van der Waals surface area contributed by atoms with E-state index < -0.39 is 0 Å². The summed E-state index contributed by atoms with van der Waals surface area (Å²) >= 11 is 0. The highest BCUT2D eigenvalue weighted by Gasteiger charge is 2.26. The molecule has 1 saturated heterocycles. The summed E-state index contributed by atoms with van der Waals surface area (Å²) < 4.78 is 5.25. The lowest BCUT2D eigenvalue weighted by Crippen LogP contribution is -2.52. The zero-order chi connectivity index (χ0) is 13.0. The molecule has 104 valence electrons. The van der Waals surface area contributed by atoms with Gasteiger partial charge in [0.15, 0.2) is 0 Å². The Morgan fingerprint density at radius 1 is 1.28 bits per heavy atom. The first-order valence-electron chi connectivity index (χ1n) is 6.97. The van der Waals surface area contributed by atoms with Crippen molar-refractivity contribution in [1.29, 1.82) is 0 Å². The normalized spacial score (nSPS) is 31.1. The first-order valence-corrected chi connectivity index (χ1v) is 6.97. The summed E-state index contributed by atoms with van der Waals surface area (Å²) in [6.07, 6.45) is 3.46. The second kappa shape index (κ2) is 6.50. The molecule has 1 atom stereocenters. The van der Waals surface area contributed by atoms with Crippen molar-refractivity contribution in [2.75, 3.05) is 26.3 Å². The number of carbonyl (C=O) groups is 1. The van der Waals surface area contributed by atoms with Crippen LogP contribution < -0.4 is 5.32 Å². The number of hydrogen-bond donors (Lipinski definition) is 2. The van der Waals surface area contributed by atoms with Crippen molar-refractivity contribution in [3.8, 4) is 0 Å². The Morgan fingerprint density at radius 2 is 1.89 bits per heavy atom. The van der Waals surface area contributed by atoms with Gasteiger partial charge in [0.1, 0.15) is 0 Å². The molecule has 1 aliphatic carbocycles. The van der Waals surface area contributed by atoms with Gasteiger partial charge in [-0.3, -0.25) is 4.79 Å². The molecule has 2 N–H and O–H groups in total. The number of aliphatic hydroxyl groups excluding tert-OH is 1. The molecule has 0 spiro atoms. The first kappa shape index (κ1) is 13.8. The Bertz CT molecular complexity index is 271. The highest BCUT2D eigenvalue weighted by molar-refractivity contribution is 5.81. The van der Waals surface area contributed by atoms with Crippen LogP contribution in [-0.4, -0.2) is 60.4 Å². The fraction of sp³-hybridized carbons (Fsp3) is 0.923. The Kier molecular flexibility index (Phi) is 4.97. The molecule has 0 bridgehead atoms. The standard InChI is InChI=1S/C13H24N2O3/c1-10(13(17)15-6-8-18-9-7-15)14-11-2-4-12(16)5-3-11/h10-12,14,16H,2-9H2,1H3. The molecule has 0 aromatic rings. The van der Waals surface area contributed by atoms with Crippen LogP contribution in [0.4, 0.5) is 0 Å². The van der Waals surface area contributed by atoms with E-state index in [0.717, 1.165) is 25.7 Å². The molecule has 1 saturated carbocycles. The van der Waals surface area contributed by atoms with Crippen molar-refractivity contribution in [3.63, 3.8) is 0 Å². The maximum absolute atomic E-state index is 12.2. The van der Waals surface area contributed by atoms with Gasteiger partial charge in [-0.1, -0.05) is 0 Å². The van der Waals surface area contributed by atoms with Gasteiger partial charge in [-0.2, -0.15) is 0 Å². The van der Waals surface area contributed by atoms with Crippen molar-refractivity contribution >= 4 is 5.91 Å². The topological polar surface area (TPSA) is 61.8 Å². The molecule has 1 unspecified atom stereocenters. The minimum atomic E-state index is -0.145. The molecule has 1 heterocycles. The van der Waals surface area contributed by atoms with Crippen molar-refractivity contribution < 1.29 is 14.6 Å². The Balaban J connectivity index is 1.76. The average molecular weight is 256 g/mol. The van der Waals surface area contributed by atoms with Gasteiger partial charge in [0, 0.05) is 19.1 Å². The second-order valence-electron chi connectivity index (χ2n) is 5.33. The quantitative estimate of drug-likeness (QED) is 0.753. The number of aliphatic hydroxyl groups is 1. The van der Waals surface area contributed by atoms with Crippen LogP contribution in [0.5, 0.6) is 0 Å². The largest absolute Gasteiger partial charge is 0.393 e. The van der Waals surface area contributed by atoms with Crippen LogP contribution >= 0.6 is 0 Å². The lowest BCUT2D eigenvalue weighted by atomic mass is 9.92. The van der Waals surface area contributed by atoms with Gasteiger partial charge < -0.3 is 20.1 Å². The number of rotatable bonds is 3. The number of nitrogens with one attached hydrogen (secondary N) is 1. The van der Waals surface area contributed by atoms with E-state index in [9.17, 15) is 9.90 Å². The van der Waals surface area contributed by atoms with E-state index in [4.69, 9.17) is 4.74 Å². The molecule has 1 amide bonds. The third kappa shape index (κ3) is 3.67. The maximum Gasteiger partial charge on any atom is 0.239 e. The molecule has 2 aliphatic rings. The maximum atomic E-state index is 12.2. The number of hydrogen-bond acceptors (Lipinski definition) is 4. The number of morpholine rings is 1.